The topological polar surface area (TPSA) is 46.2 Å². The Labute approximate surface area is 133 Å². The maximum absolute atomic E-state index is 11.9. The van der Waals surface area contributed by atoms with Crippen molar-refractivity contribution in [3.8, 4) is 0 Å². The van der Waals surface area contributed by atoms with E-state index in [0.717, 1.165) is 4.90 Å². The van der Waals surface area contributed by atoms with Crippen molar-refractivity contribution in [1.29, 1.82) is 0 Å². The van der Waals surface area contributed by atoms with Crippen LogP contribution >= 0.6 is 35.0 Å². The van der Waals surface area contributed by atoms with Crippen LogP contribution in [0.1, 0.15) is 20.8 Å². The van der Waals surface area contributed by atoms with Gasteiger partial charge in [0, 0.05) is 9.92 Å². The zero-order chi connectivity index (χ0) is 15.3. The number of carbonyl (C=O) groups excluding carboxylic acids is 2. The third-order valence-corrected chi connectivity index (χ3v) is 4.41. The van der Waals surface area contributed by atoms with Crippen LogP contribution in [0.4, 0.5) is 0 Å². The molecule has 0 heterocycles. The van der Waals surface area contributed by atoms with E-state index in [1.165, 1.54) is 18.7 Å². The van der Waals surface area contributed by atoms with Crippen molar-refractivity contribution in [1.82, 2.24) is 5.32 Å². The second kappa shape index (κ2) is 7.91. The van der Waals surface area contributed by atoms with Crippen molar-refractivity contribution < 1.29 is 9.59 Å². The van der Waals surface area contributed by atoms with E-state index in [1.54, 1.807) is 18.2 Å². The lowest BCUT2D eigenvalue weighted by Crippen LogP contribution is -2.44. The molecule has 1 unspecified atom stereocenters. The fourth-order valence-electron chi connectivity index (χ4n) is 1.68. The minimum atomic E-state index is -0.446. The van der Waals surface area contributed by atoms with Crippen molar-refractivity contribution >= 4 is 46.7 Å². The molecule has 1 aromatic carbocycles. The van der Waals surface area contributed by atoms with Gasteiger partial charge in [-0.2, -0.15) is 0 Å². The molecule has 0 saturated carbocycles. The summed E-state index contributed by atoms with van der Waals surface area (Å²) in [7, 11) is 0. The highest BCUT2D eigenvalue weighted by Gasteiger charge is 2.20. The van der Waals surface area contributed by atoms with Gasteiger partial charge >= 0.3 is 0 Å². The van der Waals surface area contributed by atoms with Crippen LogP contribution in [0.25, 0.3) is 0 Å². The highest BCUT2D eigenvalue weighted by Crippen LogP contribution is 2.29. The fraction of sp³-hybridized carbons (Fsp3) is 0.429. The molecular formula is C14H17Cl2NO2S. The van der Waals surface area contributed by atoms with Gasteiger partial charge in [-0.25, -0.2) is 0 Å². The smallest absolute Gasteiger partial charge is 0.230 e. The van der Waals surface area contributed by atoms with Crippen LogP contribution in [-0.4, -0.2) is 23.5 Å². The monoisotopic (exact) mass is 333 g/mol. The maximum atomic E-state index is 11.9. The molecule has 0 radical (unpaired) electrons. The standard InChI is InChI=1S/C14H17Cl2NO2S/c1-8(2)14(9(3)18)17-13(19)7-20-12-6-10(15)4-5-11(12)16/h4-6,8,14H,7H2,1-3H3,(H,17,19). The second-order valence-corrected chi connectivity index (χ2v) is 6.62. The lowest BCUT2D eigenvalue weighted by Gasteiger charge is -2.19. The summed E-state index contributed by atoms with van der Waals surface area (Å²) >= 11 is 13.2. The van der Waals surface area contributed by atoms with E-state index in [0.29, 0.717) is 10.0 Å². The van der Waals surface area contributed by atoms with Crippen LogP contribution in [0, 0.1) is 5.92 Å². The molecule has 1 amide bonds. The lowest BCUT2D eigenvalue weighted by molar-refractivity contribution is -0.126. The summed E-state index contributed by atoms with van der Waals surface area (Å²) in [6.45, 7) is 5.27. The average Bonchev–Trinajstić information content (AvgIpc) is 2.36. The number of ketones is 1. The molecule has 0 spiro atoms. The number of thioether (sulfide) groups is 1. The first kappa shape index (κ1) is 17.3. The Hall–Kier alpha value is -0.710. The minimum absolute atomic E-state index is 0.0425. The van der Waals surface area contributed by atoms with Gasteiger partial charge in [0.2, 0.25) is 5.91 Å². The first-order valence-electron chi connectivity index (χ1n) is 6.19. The Balaban J connectivity index is 2.59. The van der Waals surface area contributed by atoms with Gasteiger partial charge in [-0.05, 0) is 31.0 Å². The van der Waals surface area contributed by atoms with E-state index in [4.69, 9.17) is 23.2 Å². The zero-order valence-electron chi connectivity index (χ0n) is 11.6. The van der Waals surface area contributed by atoms with Gasteiger partial charge < -0.3 is 5.32 Å². The number of carbonyl (C=O) groups is 2. The van der Waals surface area contributed by atoms with Gasteiger partial charge in [-0.15, -0.1) is 11.8 Å². The van der Waals surface area contributed by atoms with Crippen LogP contribution in [0.3, 0.4) is 0 Å². The molecule has 0 saturated heterocycles. The Morgan fingerprint density at radius 1 is 1.30 bits per heavy atom. The molecule has 6 heteroatoms. The number of hydrogen-bond acceptors (Lipinski definition) is 3. The first-order valence-corrected chi connectivity index (χ1v) is 7.93. The predicted molar refractivity (Wildman–Crippen MR) is 84.6 cm³/mol. The first-order chi connectivity index (χ1) is 9.31. The number of hydrogen-bond donors (Lipinski definition) is 1. The van der Waals surface area contributed by atoms with Gasteiger partial charge in [0.25, 0.3) is 0 Å². The van der Waals surface area contributed by atoms with Crippen LogP contribution in [0.2, 0.25) is 10.0 Å². The van der Waals surface area contributed by atoms with E-state index < -0.39 is 6.04 Å². The Morgan fingerprint density at radius 2 is 1.95 bits per heavy atom. The number of nitrogens with one attached hydrogen (secondary N) is 1. The summed E-state index contributed by atoms with van der Waals surface area (Å²) in [5.74, 6) is 0.0200. The van der Waals surface area contributed by atoms with Crippen LogP contribution in [0.5, 0.6) is 0 Å². The largest absolute Gasteiger partial charge is 0.345 e. The Morgan fingerprint density at radius 3 is 2.50 bits per heavy atom. The number of Topliss-reactive ketones (excluding diaryl/α,β-unsaturated/α-hetero) is 1. The van der Waals surface area contributed by atoms with Crippen molar-refractivity contribution in [2.75, 3.05) is 5.75 Å². The number of amides is 1. The fourth-order valence-corrected chi connectivity index (χ4v) is 2.99. The zero-order valence-corrected chi connectivity index (χ0v) is 13.9. The lowest BCUT2D eigenvalue weighted by atomic mass is 10.0. The summed E-state index contributed by atoms with van der Waals surface area (Å²) in [5.41, 5.74) is 0. The van der Waals surface area contributed by atoms with E-state index >= 15 is 0 Å². The average molecular weight is 334 g/mol. The molecule has 3 nitrogen and oxygen atoms in total. The molecule has 0 aliphatic heterocycles. The van der Waals surface area contributed by atoms with Crippen molar-refractivity contribution in [3.05, 3.63) is 28.2 Å². The molecule has 0 aliphatic carbocycles. The summed E-state index contributed by atoms with van der Waals surface area (Å²) in [5, 5.41) is 3.86. The summed E-state index contributed by atoms with van der Waals surface area (Å²) in [6.07, 6.45) is 0. The van der Waals surface area contributed by atoms with Gasteiger partial charge in [0.05, 0.1) is 16.8 Å². The van der Waals surface area contributed by atoms with Gasteiger partial charge in [-0.3, -0.25) is 9.59 Å². The highest BCUT2D eigenvalue weighted by molar-refractivity contribution is 8.00. The van der Waals surface area contributed by atoms with E-state index in [9.17, 15) is 9.59 Å². The van der Waals surface area contributed by atoms with Crippen molar-refractivity contribution in [2.45, 2.75) is 31.7 Å². The SMILES string of the molecule is CC(=O)C(NC(=O)CSc1cc(Cl)ccc1Cl)C(C)C. The van der Waals surface area contributed by atoms with Gasteiger partial charge in [0.1, 0.15) is 0 Å². The molecular weight excluding hydrogens is 317 g/mol. The molecule has 0 aromatic heterocycles. The molecule has 1 atom stereocenters. The van der Waals surface area contributed by atoms with E-state index in [2.05, 4.69) is 5.32 Å². The van der Waals surface area contributed by atoms with Crippen LogP contribution in [0.15, 0.2) is 23.1 Å². The molecule has 1 aromatic rings. The van der Waals surface area contributed by atoms with Crippen molar-refractivity contribution in [2.24, 2.45) is 5.92 Å². The Kier molecular flexibility index (Phi) is 6.86. The number of halogens is 2. The third kappa shape index (κ3) is 5.35. The van der Waals surface area contributed by atoms with E-state index in [1.807, 2.05) is 13.8 Å². The van der Waals surface area contributed by atoms with Gasteiger partial charge in [-0.1, -0.05) is 37.0 Å². The summed E-state index contributed by atoms with van der Waals surface area (Å²) < 4.78 is 0. The third-order valence-electron chi connectivity index (χ3n) is 2.67. The molecule has 0 aliphatic rings. The van der Waals surface area contributed by atoms with Gasteiger partial charge in [0.15, 0.2) is 5.78 Å². The van der Waals surface area contributed by atoms with Crippen molar-refractivity contribution in [3.63, 3.8) is 0 Å². The van der Waals surface area contributed by atoms with Crippen LogP contribution in [-0.2, 0) is 9.59 Å². The summed E-state index contributed by atoms with van der Waals surface area (Å²) in [6, 6.07) is 4.65. The quantitative estimate of drug-likeness (QED) is 0.805. The molecule has 1 N–H and O–H groups in total. The maximum Gasteiger partial charge on any atom is 0.230 e. The molecule has 20 heavy (non-hydrogen) atoms. The normalized spacial score (nSPS) is 12.3. The van der Waals surface area contributed by atoms with Crippen LogP contribution < -0.4 is 5.32 Å². The molecule has 0 bridgehead atoms. The molecule has 1 rings (SSSR count). The second-order valence-electron chi connectivity index (χ2n) is 4.76. The predicted octanol–water partition coefficient (Wildman–Crippen LogP) is 3.82. The molecule has 0 fully saturated rings. The Bertz CT molecular complexity index is 506. The number of benzene rings is 1. The highest BCUT2D eigenvalue weighted by atomic mass is 35.5. The molecule has 110 valence electrons. The minimum Gasteiger partial charge on any atom is -0.345 e. The van der Waals surface area contributed by atoms with E-state index in [-0.39, 0.29) is 23.4 Å². The number of rotatable bonds is 6. The summed E-state index contributed by atoms with van der Waals surface area (Å²) in [4.78, 5) is 24.1.